The Labute approximate surface area is 168 Å². The van der Waals surface area contributed by atoms with E-state index in [0.29, 0.717) is 12.0 Å². The number of aromatic amines is 1. The van der Waals surface area contributed by atoms with Gasteiger partial charge in [-0.05, 0) is 30.5 Å². The average Bonchev–Trinajstić information content (AvgIpc) is 2.90. The average molecular weight is 413 g/mol. The molecule has 8 heteroatoms. The second kappa shape index (κ2) is 7.55. The van der Waals surface area contributed by atoms with Crippen LogP contribution in [0.25, 0.3) is 0 Å². The molecule has 0 radical (unpaired) electrons. The maximum absolute atomic E-state index is 12.3. The van der Waals surface area contributed by atoms with Crippen LogP contribution in [0.3, 0.4) is 0 Å². The monoisotopic (exact) mass is 412 g/mol. The van der Waals surface area contributed by atoms with Crippen LogP contribution in [0.4, 0.5) is 0 Å². The van der Waals surface area contributed by atoms with Gasteiger partial charge in [-0.3, -0.25) is 14.3 Å². The van der Waals surface area contributed by atoms with E-state index >= 15 is 0 Å². The summed E-state index contributed by atoms with van der Waals surface area (Å²) in [5.41, 5.74) is -0.887. The van der Waals surface area contributed by atoms with Gasteiger partial charge in [0, 0.05) is 18.2 Å². The first kappa shape index (κ1) is 23.1. The van der Waals surface area contributed by atoms with Gasteiger partial charge in [-0.1, -0.05) is 41.5 Å². The van der Waals surface area contributed by atoms with Crippen molar-refractivity contribution in [2.45, 2.75) is 97.6 Å². The maximum atomic E-state index is 12.3. The molecule has 0 bridgehead atoms. The Bertz CT molecular complexity index is 816. The van der Waals surface area contributed by atoms with Crippen LogP contribution in [-0.2, 0) is 9.16 Å². The topological polar surface area (TPSA) is 93.6 Å². The van der Waals surface area contributed by atoms with Gasteiger partial charge in [-0.25, -0.2) is 4.79 Å². The number of hydrogen-bond donors (Lipinski definition) is 2. The summed E-state index contributed by atoms with van der Waals surface area (Å²) in [6, 6.07) is 0. The summed E-state index contributed by atoms with van der Waals surface area (Å²) in [5.74, 6) is 0. The van der Waals surface area contributed by atoms with E-state index in [4.69, 9.17) is 9.16 Å². The second-order valence-electron chi connectivity index (χ2n) is 10.5. The molecule has 1 aromatic heterocycles. The fraction of sp³-hybridized carbons (Fsp3) is 0.800. The highest BCUT2D eigenvalue weighted by molar-refractivity contribution is 6.74. The lowest BCUT2D eigenvalue weighted by atomic mass is 9.84. The van der Waals surface area contributed by atoms with E-state index in [1.807, 2.05) is 20.8 Å². The Morgan fingerprint density at radius 2 is 1.82 bits per heavy atom. The number of nitrogens with one attached hydrogen (secondary N) is 1. The van der Waals surface area contributed by atoms with Gasteiger partial charge in [0.15, 0.2) is 8.32 Å². The first-order valence-corrected chi connectivity index (χ1v) is 12.8. The molecule has 0 aliphatic carbocycles. The number of aliphatic hydroxyl groups is 1. The van der Waals surface area contributed by atoms with Gasteiger partial charge >= 0.3 is 5.69 Å². The van der Waals surface area contributed by atoms with Crippen molar-refractivity contribution >= 4 is 8.32 Å². The van der Waals surface area contributed by atoms with Crippen molar-refractivity contribution in [3.05, 3.63) is 32.6 Å². The van der Waals surface area contributed by atoms with Crippen molar-refractivity contribution in [3.8, 4) is 0 Å². The lowest BCUT2D eigenvalue weighted by Gasteiger charge is -2.41. The minimum Gasteiger partial charge on any atom is -0.411 e. The van der Waals surface area contributed by atoms with Crippen LogP contribution >= 0.6 is 0 Å². The zero-order valence-electron chi connectivity index (χ0n) is 18.6. The first-order valence-electron chi connectivity index (χ1n) is 9.88. The normalized spacial score (nSPS) is 25.1. The summed E-state index contributed by atoms with van der Waals surface area (Å²) < 4.78 is 14.2. The summed E-state index contributed by atoms with van der Waals surface area (Å²) >= 11 is 0. The predicted octanol–water partition coefficient (Wildman–Crippen LogP) is 2.93. The third-order valence-electron chi connectivity index (χ3n) is 6.02. The van der Waals surface area contributed by atoms with Crippen molar-refractivity contribution in [1.29, 1.82) is 0 Å². The molecular weight excluding hydrogens is 376 g/mol. The molecular formula is C20H36N2O5Si. The van der Waals surface area contributed by atoms with Crippen LogP contribution in [0.2, 0.25) is 18.1 Å². The summed E-state index contributed by atoms with van der Waals surface area (Å²) in [7, 11) is -2.12. The molecule has 0 aromatic carbocycles. The quantitative estimate of drug-likeness (QED) is 0.742. The minimum absolute atomic E-state index is 0.00767. The molecule has 2 heterocycles. The van der Waals surface area contributed by atoms with Crippen molar-refractivity contribution in [2.24, 2.45) is 5.41 Å². The van der Waals surface area contributed by atoms with E-state index in [-0.39, 0.29) is 11.1 Å². The number of hydrogen-bond acceptors (Lipinski definition) is 5. The molecule has 1 aliphatic heterocycles. The molecule has 7 nitrogen and oxygen atoms in total. The second-order valence-corrected chi connectivity index (χ2v) is 15.3. The smallest absolute Gasteiger partial charge is 0.330 e. The van der Waals surface area contributed by atoms with Crippen LogP contribution in [-0.4, -0.2) is 41.3 Å². The Morgan fingerprint density at radius 1 is 1.25 bits per heavy atom. The van der Waals surface area contributed by atoms with E-state index < -0.39 is 43.4 Å². The molecule has 2 N–H and O–H groups in total. The van der Waals surface area contributed by atoms with Crippen molar-refractivity contribution in [1.82, 2.24) is 9.55 Å². The lowest BCUT2D eigenvalue weighted by molar-refractivity contribution is -0.114. The van der Waals surface area contributed by atoms with E-state index in [0.717, 1.165) is 0 Å². The zero-order chi connectivity index (χ0) is 21.7. The molecule has 2 rings (SSSR count). The molecule has 1 aliphatic rings. The van der Waals surface area contributed by atoms with Crippen molar-refractivity contribution < 1.29 is 14.3 Å². The van der Waals surface area contributed by atoms with Gasteiger partial charge in [-0.15, -0.1) is 0 Å². The number of ether oxygens (including phenoxy) is 1. The van der Waals surface area contributed by atoms with Crippen LogP contribution in [0.5, 0.6) is 0 Å². The van der Waals surface area contributed by atoms with Crippen molar-refractivity contribution in [3.63, 3.8) is 0 Å². The third-order valence-corrected chi connectivity index (χ3v) is 10.5. The molecule has 1 unspecified atom stereocenters. The summed E-state index contributed by atoms with van der Waals surface area (Å²) in [5, 5.41) is 11.0. The molecule has 160 valence electrons. The minimum atomic E-state index is -2.12. The highest BCUT2D eigenvalue weighted by Crippen LogP contribution is 2.43. The molecule has 0 spiro atoms. The van der Waals surface area contributed by atoms with Gasteiger partial charge in [-0.2, -0.15) is 0 Å². The third kappa shape index (κ3) is 4.67. The van der Waals surface area contributed by atoms with Crippen molar-refractivity contribution in [2.75, 3.05) is 0 Å². The van der Waals surface area contributed by atoms with Gasteiger partial charge in [0.25, 0.3) is 5.56 Å². The van der Waals surface area contributed by atoms with E-state index in [1.165, 1.54) is 10.8 Å². The van der Waals surface area contributed by atoms with Gasteiger partial charge in [0.05, 0.1) is 12.2 Å². The SMILES string of the molecule is Cc1cn([C@H]2C[C@H](O[Si](C)(C)C(C)(C)C)[C@@H](C(O)C(C)(C)C)O2)c(=O)[nH]c1=O. The number of aliphatic hydroxyl groups excluding tert-OH is 1. The Balaban J connectivity index is 2.41. The van der Waals surface area contributed by atoms with Crippen LogP contribution < -0.4 is 11.2 Å². The maximum Gasteiger partial charge on any atom is 0.330 e. The Morgan fingerprint density at radius 3 is 2.32 bits per heavy atom. The predicted molar refractivity (Wildman–Crippen MR) is 112 cm³/mol. The molecule has 0 saturated carbocycles. The van der Waals surface area contributed by atoms with Crippen LogP contribution in [0, 0.1) is 12.3 Å². The van der Waals surface area contributed by atoms with Gasteiger partial charge in [0.1, 0.15) is 12.3 Å². The highest BCUT2D eigenvalue weighted by Gasteiger charge is 2.49. The zero-order valence-corrected chi connectivity index (χ0v) is 19.6. The summed E-state index contributed by atoms with van der Waals surface area (Å²) in [4.78, 5) is 26.4. The highest BCUT2D eigenvalue weighted by atomic mass is 28.4. The molecule has 1 saturated heterocycles. The van der Waals surface area contributed by atoms with Gasteiger partial charge in [0.2, 0.25) is 0 Å². The van der Waals surface area contributed by atoms with Gasteiger partial charge < -0.3 is 14.3 Å². The lowest BCUT2D eigenvalue weighted by Crippen LogP contribution is -2.50. The molecule has 1 aromatic rings. The number of rotatable bonds is 4. The molecule has 1 fully saturated rings. The summed E-state index contributed by atoms with van der Waals surface area (Å²) in [6.45, 7) is 18.3. The standard InChI is InChI=1S/C20H36N2O5Si/c1-12-11-22(18(25)21-17(12)24)14-10-13(27-28(8,9)20(5,6)7)15(26-14)16(23)19(2,3)4/h11,13-16,23H,10H2,1-9H3,(H,21,24,25)/t13-,14+,15-,16?/m0/s1. The van der Waals surface area contributed by atoms with E-state index in [1.54, 1.807) is 6.92 Å². The fourth-order valence-corrected chi connectivity index (χ4v) is 4.42. The summed E-state index contributed by atoms with van der Waals surface area (Å²) in [6.07, 6.45) is -0.291. The number of nitrogens with zero attached hydrogens (tertiary/aromatic N) is 1. The number of H-pyrrole nitrogens is 1. The Kier molecular flexibility index (Phi) is 6.22. The van der Waals surface area contributed by atoms with E-state index in [9.17, 15) is 14.7 Å². The number of aromatic nitrogens is 2. The molecule has 28 heavy (non-hydrogen) atoms. The largest absolute Gasteiger partial charge is 0.411 e. The fourth-order valence-electron chi connectivity index (χ4n) is 3.08. The molecule has 0 amide bonds. The number of aryl methyl sites for hydroxylation is 1. The van der Waals surface area contributed by atoms with Crippen LogP contribution in [0.15, 0.2) is 15.8 Å². The Hall–Kier alpha value is -1.22. The van der Waals surface area contributed by atoms with E-state index in [2.05, 4.69) is 38.8 Å². The first-order chi connectivity index (χ1) is 12.5. The van der Waals surface area contributed by atoms with Crippen LogP contribution in [0.1, 0.15) is 59.8 Å². The molecule has 4 atom stereocenters.